The van der Waals surface area contributed by atoms with Crippen LogP contribution in [0, 0.1) is 0 Å². The van der Waals surface area contributed by atoms with Gasteiger partial charge in [-0.1, -0.05) is 32.9 Å². The molecule has 0 spiro atoms. The van der Waals surface area contributed by atoms with Gasteiger partial charge in [-0.2, -0.15) is 0 Å². The molecule has 19 heavy (non-hydrogen) atoms. The molecular weight excluding hydrogens is 232 g/mol. The first-order valence-electron chi connectivity index (χ1n) is 7.72. The van der Waals surface area contributed by atoms with Crippen molar-refractivity contribution < 1.29 is 0 Å². The molecule has 2 nitrogen and oxygen atoms in total. The van der Waals surface area contributed by atoms with Gasteiger partial charge in [0.25, 0.3) is 0 Å². The zero-order chi connectivity index (χ0) is 13.9. The minimum Gasteiger partial charge on any atom is -0.365 e. The molecule has 0 amide bonds. The molecule has 0 saturated carbocycles. The van der Waals surface area contributed by atoms with Crippen molar-refractivity contribution in [3.05, 3.63) is 29.8 Å². The zero-order valence-corrected chi connectivity index (χ0v) is 12.9. The normalized spacial score (nSPS) is 27.6. The molecule has 2 rings (SSSR count). The quantitative estimate of drug-likeness (QED) is 0.889. The molecule has 0 aliphatic carbocycles. The highest BCUT2D eigenvalue weighted by Gasteiger charge is 2.33. The second-order valence-electron chi connectivity index (χ2n) is 6.01. The van der Waals surface area contributed by atoms with Crippen molar-refractivity contribution in [2.45, 2.75) is 58.5 Å². The Labute approximate surface area is 118 Å². The van der Waals surface area contributed by atoms with Crippen molar-refractivity contribution in [3.8, 4) is 0 Å². The Bertz CT molecular complexity index is 398. The van der Waals surface area contributed by atoms with Crippen LogP contribution in [-0.2, 0) is 6.42 Å². The first kappa shape index (κ1) is 14.4. The molecule has 0 bridgehead atoms. The maximum absolute atomic E-state index is 3.73. The largest absolute Gasteiger partial charge is 0.365 e. The smallest absolute Gasteiger partial charge is 0.0412 e. The van der Waals surface area contributed by atoms with Gasteiger partial charge in [0.05, 0.1) is 0 Å². The van der Waals surface area contributed by atoms with E-state index in [1.54, 1.807) is 0 Å². The average Bonchev–Trinajstić information content (AvgIpc) is 2.47. The summed E-state index contributed by atoms with van der Waals surface area (Å²) in [7, 11) is 0. The van der Waals surface area contributed by atoms with Crippen LogP contribution in [0.25, 0.3) is 0 Å². The van der Waals surface area contributed by atoms with Gasteiger partial charge in [0.15, 0.2) is 0 Å². The van der Waals surface area contributed by atoms with E-state index in [-0.39, 0.29) is 5.54 Å². The highest BCUT2D eigenvalue weighted by atomic mass is 15.3. The van der Waals surface area contributed by atoms with Crippen molar-refractivity contribution in [1.29, 1.82) is 0 Å². The minimum atomic E-state index is 0.245. The number of aryl methyl sites for hydroxylation is 1. The second kappa shape index (κ2) is 5.96. The molecule has 1 heterocycles. The first-order valence-corrected chi connectivity index (χ1v) is 7.72. The van der Waals surface area contributed by atoms with E-state index in [9.17, 15) is 0 Å². The van der Waals surface area contributed by atoms with Crippen molar-refractivity contribution in [1.82, 2.24) is 5.32 Å². The van der Waals surface area contributed by atoms with Gasteiger partial charge in [-0.15, -0.1) is 0 Å². The zero-order valence-electron chi connectivity index (χ0n) is 12.9. The number of piperazine rings is 1. The minimum absolute atomic E-state index is 0.245. The number of anilines is 1. The Morgan fingerprint density at radius 1 is 1.21 bits per heavy atom. The van der Waals surface area contributed by atoms with E-state index >= 15 is 0 Å². The Morgan fingerprint density at radius 3 is 2.42 bits per heavy atom. The van der Waals surface area contributed by atoms with Gasteiger partial charge in [0.1, 0.15) is 0 Å². The average molecular weight is 260 g/mol. The van der Waals surface area contributed by atoms with Crippen LogP contribution < -0.4 is 10.2 Å². The second-order valence-corrected chi connectivity index (χ2v) is 6.01. The molecule has 1 aromatic carbocycles. The van der Waals surface area contributed by atoms with Gasteiger partial charge in [-0.25, -0.2) is 0 Å². The predicted octanol–water partition coefficient (Wildman–Crippen LogP) is 3.61. The third-order valence-corrected chi connectivity index (χ3v) is 4.65. The molecule has 1 aliphatic heterocycles. The van der Waals surface area contributed by atoms with Crippen LogP contribution in [0.1, 0.15) is 46.1 Å². The van der Waals surface area contributed by atoms with Gasteiger partial charge in [0.2, 0.25) is 0 Å². The fraction of sp³-hybridized carbons (Fsp3) is 0.647. The topological polar surface area (TPSA) is 15.3 Å². The number of hydrogen-bond acceptors (Lipinski definition) is 2. The molecule has 1 aromatic rings. The van der Waals surface area contributed by atoms with Crippen LogP contribution in [0.4, 0.5) is 5.69 Å². The summed E-state index contributed by atoms with van der Waals surface area (Å²) in [6.45, 7) is 11.3. The number of nitrogens with one attached hydrogen (secondary N) is 1. The molecule has 2 atom stereocenters. The third kappa shape index (κ3) is 3.11. The fourth-order valence-corrected chi connectivity index (χ4v) is 2.86. The molecule has 2 unspecified atom stereocenters. The van der Waals surface area contributed by atoms with Gasteiger partial charge >= 0.3 is 0 Å². The summed E-state index contributed by atoms with van der Waals surface area (Å²) in [6, 6.07) is 9.75. The molecule has 1 N–H and O–H groups in total. The van der Waals surface area contributed by atoms with Crippen LogP contribution in [0.3, 0.4) is 0 Å². The lowest BCUT2D eigenvalue weighted by atomic mass is 9.92. The van der Waals surface area contributed by atoms with E-state index in [1.165, 1.54) is 24.1 Å². The predicted molar refractivity (Wildman–Crippen MR) is 83.9 cm³/mol. The summed E-state index contributed by atoms with van der Waals surface area (Å²) in [5.41, 5.74) is 3.05. The number of rotatable bonds is 4. The van der Waals surface area contributed by atoms with Crippen LogP contribution >= 0.6 is 0 Å². The molecule has 106 valence electrons. The lowest BCUT2D eigenvalue weighted by Crippen LogP contribution is -2.62. The lowest BCUT2D eigenvalue weighted by Gasteiger charge is -2.47. The molecule has 1 saturated heterocycles. The van der Waals surface area contributed by atoms with E-state index in [1.807, 2.05) is 0 Å². The van der Waals surface area contributed by atoms with E-state index in [0.29, 0.717) is 6.04 Å². The Balaban J connectivity index is 2.21. The van der Waals surface area contributed by atoms with Crippen LogP contribution in [-0.4, -0.2) is 24.7 Å². The fourth-order valence-electron chi connectivity index (χ4n) is 2.86. The summed E-state index contributed by atoms with van der Waals surface area (Å²) < 4.78 is 0. The highest BCUT2D eigenvalue weighted by Crippen LogP contribution is 2.26. The van der Waals surface area contributed by atoms with Crippen LogP contribution in [0.5, 0.6) is 0 Å². The molecule has 0 aromatic heterocycles. The van der Waals surface area contributed by atoms with Crippen molar-refractivity contribution in [3.63, 3.8) is 0 Å². The number of benzene rings is 1. The molecule has 2 heteroatoms. The van der Waals surface area contributed by atoms with Crippen molar-refractivity contribution in [2.75, 3.05) is 18.0 Å². The lowest BCUT2D eigenvalue weighted by molar-refractivity contribution is 0.276. The summed E-state index contributed by atoms with van der Waals surface area (Å²) in [5, 5.41) is 3.73. The highest BCUT2D eigenvalue weighted by molar-refractivity contribution is 5.50. The van der Waals surface area contributed by atoms with E-state index < -0.39 is 0 Å². The Hall–Kier alpha value is -1.02. The number of hydrogen-bond donors (Lipinski definition) is 1. The van der Waals surface area contributed by atoms with E-state index in [4.69, 9.17) is 0 Å². The maximum Gasteiger partial charge on any atom is 0.0412 e. The third-order valence-electron chi connectivity index (χ3n) is 4.65. The summed E-state index contributed by atoms with van der Waals surface area (Å²) in [4.78, 5) is 2.60. The van der Waals surface area contributed by atoms with Gasteiger partial charge < -0.3 is 10.2 Å². The number of nitrogens with zero attached hydrogens (tertiary/aromatic N) is 1. The Morgan fingerprint density at radius 2 is 1.89 bits per heavy atom. The molecule has 1 aliphatic rings. The van der Waals surface area contributed by atoms with Gasteiger partial charge in [0, 0.05) is 30.4 Å². The molecule has 0 radical (unpaired) electrons. The summed E-state index contributed by atoms with van der Waals surface area (Å²) in [6.07, 6.45) is 3.49. The van der Waals surface area contributed by atoms with E-state index in [0.717, 1.165) is 19.5 Å². The van der Waals surface area contributed by atoms with Gasteiger partial charge in [-0.3, -0.25) is 0 Å². The van der Waals surface area contributed by atoms with Crippen LogP contribution in [0.2, 0.25) is 0 Å². The molecule has 1 fully saturated rings. The Kier molecular flexibility index (Phi) is 4.51. The van der Waals surface area contributed by atoms with Crippen LogP contribution in [0.15, 0.2) is 24.3 Å². The van der Waals surface area contributed by atoms with E-state index in [2.05, 4.69) is 62.2 Å². The molecular formula is C17H28N2. The monoisotopic (exact) mass is 260 g/mol. The maximum atomic E-state index is 3.73. The SMILES string of the molecule is CCc1ccc(N2CC(C)(CC)NCC2CC)cc1. The van der Waals surface area contributed by atoms with Crippen molar-refractivity contribution in [2.24, 2.45) is 0 Å². The first-order chi connectivity index (χ1) is 9.11. The summed E-state index contributed by atoms with van der Waals surface area (Å²) in [5.74, 6) is 0. The summed E-state index contributed by atoms with van der Waals surface area (Å²) >= 11 is 0. The standard InChI is InChI=1S/C17H28N2/c1-5-14-8-10-16(11-9-14)19-13-17(4,7-3)18-12-15(19)6-2/h8-11,15,18H,5-7,12-13H2,1-4H3. The van der Waals surface area contributed by atoms with Crippen molar-refractivity contribution >= 4 is 5.69 Å². The van der Waals surface area contributed by atoms with Gasteiger partial charge in [-0.05, 0) is 43.9 Å².